The third-order valence-electron chi connectivity index (χ3n) is 1.99. The summed E-state index contributed by atoms with van der Waals surface area (Å²) < 4.78 is 34.8. The summed E-state index contributed by atoms with van der Waals surface area (Å²) >= 11 is 0. The van der Waals surface area contributed by atoms with Crippen LogP contribution in [-0.4, -0.2) is 19.3 Å². The van der Waals surface area contributed by atoms with Gasteiger partial charge in [-0.15, -0.1) is 0 Å². The van der Waals surface area contributed by atoms with Gasteiger partial charge in [0.25, 0.3) is 0 Å². The fourth-order valence-corrected chi connectivity index (χ4v) is 1.15. The summed E-state index contributed by atoms with van der Waals surface area (Å²) in [5, 5.41) is 2.38. The Hall–Kier alpha value is -0.250. The highest BCUT2D eigenvalue weighted by molar-refractivity contribution is 4.73. The zero-order valence-electron chi connectivity index (χ0n) is 6.95. The standard InChI is InChI=1S/C8H14F3N/c9-8(10,11)6-12-5-1-2-7-3-4-7/h7,12H,1-6H2. The Kier molecular flexibility index (Phi) is 3.38. The Balaban J connectivity index is 1.82. The van der Waals surface area contributed by atoms with Crippen molar-refractivity contribution in [3.8, 4) is 0 Å². The van der Waals surface area contributed by atoms with E-state index in [1.165, 1.54) is 12.8 Å². The molecule has 0 spiro atoms. The van der Waals surface area contributed by atoms with E-state index in [0.29, 0.717) is 6.54 Å². The second-order valence-corrected chi connectivity index (χ2v) is 3.38. The van der Waals surface area contributed by atoms with Gasteiger partial charge in [0.05, 0.1) is 6.54 Å². The lowest BCUT2D eigenvalue weighted by Gasteiger charge is -2.07. The Morgan fingerprint density at radius 1 is 1.25 bits per heavy atom. The maximum atomic E-state index is 11.6. The monoisotopic (exact) mass is 181 g/mol. The maximum Gasteiger partial charge on any atom is 0.401 e. The molecule has 1 rings (SSSR count). The normalized spacial score (nSPS) is 18.2. The summed E-state index contributed by atoms with van der Waals surface area (Å²) in [6.07, 6.45) is 0.462. The zero-order chi connectivity index (χ0) is 9.03. The quantitative estimate of drug-likeness (QED) is 0.642. The van der Waals surface area contributed by atoms with Gasteiger partial charge in [-0.2, -0.15) is 13.2 Å². The summed E-state index contributed by atoms with van der Waals surface area (Å²) in [6, 6.07) is 0. The van der Waals surface area contributed by atoms with E-state index < -0.39 is 12.7 Å². The number of hydrogen-bond donors (Lipinski definition) is 1. The van der Waals surface area contributed by atoms with Gasteiger partial charge in [-0.25, -0.2) is 0 Å². The van der Waals surface area contributed by atoms with Crippen LogP contribution in [0.5, 0.6) is 0 Å². The first-order valence-electron chi connectivity index (χ1n) is 4.35. The SMILES string of the molecule is FC(F)(F)CNCCCC1CC1. The molecular formula is C8H14F3N. The lowest BCUT2D eigenvalue weighted by atomic mass is 10.2. The topological polar surface area (TPSA) is 12.0 Å². The molecule has 0 atom stereocenters. The Bertz CT molecular complexity index is 129. The van der Waals surface area contributed by atoms with Crippen molar-refractivity contribution < 1.29 is 13.2 Å². The molecule has 1 aliphatic rings. The predicted octanol–water partition coefficient (Wildman–Crippen LogP) is 2.33. The van der Waals surface area contributed by atoms with Crippen molar-refractivity contribution >= 4 is 0 Å². The third-order valence-corrected chi connectivity index (χ3v) is 1.99. The van der Waals surface area contributed by atoms with Crippen molar-refractivity contribution in [1.82, 2.24) is 5.32 Å². The van der Waals surface area contributed by atoms with Crippen molar-refractivity contribution in [2.24, 2.45) is 5.92 Å². The molecule has 0 aromatic rings. The number of rotatable bonds is 5. The first-order chi connectivity index (χ1) is 5.58. The fourth-order valence-electron chi connectivity index (χ4n) is 1.15. The van der Waals surface area contributed by atoms with Gasteiger partial charge in [0.2, 0.25) is 0 Å². The van der Waals surface area contributed by atoms with Gasteiger partial charge >= 0.3 is 6.18 Å². The van der Waals surface area contributed by atoms with Crippen molar-refractivity contribution in [1.29, 1.82) is 0 Å². The average molecular weight is 181 g/mol. The second-order valence-electron chi connectivity index (χ2n) is 3.38. The molecule has 0 unspecified atom stereocenters. The summed E-state index contributed by atoms with van der Waals surface area (Å²) in [7, 11) is 0. The van der Waals surface area contributed by atoms with Crippen LogP contribution in [0.1, 0.15) is 25.7 Å². The molecule has 0 aliphatic heterocycles. The van der Waals surface area contributed by atoms with Gasteiger partial charge in [-0.3, -0.25) is 0 Å². The van der Waals surface area contributed by atoms with Crippen LogP contribution in [0, 0.1) is 5.92 Å². The molecule has 1 aliphatic carbocycles. The number of alkyl halides is 3. The van der Waals surface area contributed by atoms with Crippen molar-refractivity contribution in [3.63, 3.8) is 0 Å². The van der Waals surface area contributed by atoms with Crippen molar-refractivity contribution in [2.45, 2.75) is 31.9 Å². The van der Waals surface area contributed by atoms with Gasteiger partial charge in [0.1, 0.15) is 0 Å². The van der Waals surface area contributed by atoms with Gasteiger partial charge in [0.15, 0.2) is 0 Å². The molecule has 0 radical (unpaired) electrons. The second kappa shape index (κ2) is 4.12. The minimum atomic E-state index is -4.06. The highest BCUT2D eigenvalue weighted by Crippen LogP contribution is 2.33. The Morgan fingerprint density at radius 2 is 1.92 bits per heavy atom. The first kappa shape index (κ1) is 9.84. The summed E-state index contributed by atoms with van der Waals surface area (Å²) in [5.74, 6) is 0.817. The minimum absolute atomic E-state index is 0.496. The first-order valence-corrected chi connectivity index (χ1v) is 4.35. The fraction of sp³-hybridized carbons (Fsp3) is 1.00. The van der Waals surface area contributed by atoms with Crippen LogP contribution in [0.25, 0.3) is 0 Å². The van der Waals surface area contributed by atoms with E-state index in [2.05, 4.69) is 5.32 Å². The summed E-state index contributed by atoms with van der Waals surface area (Å²) in [5.41, 5.74) is 0. The molecule has 0 saturated heterocycles. The molecule has 0 aromatic carbocycles. The van der Waals surface area contributed by atoms with E-state index in [-0.39, 0.29) is 0 Å². The Morgan fingerprint density at radius 3 is 2.42 bits per heavy atom. The molecule has 0 heterocycles. The van der Waals surface area contributed by atoms with E-state index in [0.717, 1.165) is 18.8 Å². The van der Waals surface area contributed by atoms with Gasteiger partial charge in [0, 0.05) is 0 Å². The lowest BCUT2D eigenvalue weighted by molar-refractivity contribution is -0.124. The number of nitrogens with one attached hydrogen (secondary N) is 1. The molecule has 0 aromatic heterocycles. The third kappa shape index (κ3) is 5.41. The van der Waals surface area contributed by atoms with Crippen LogP contribution in [-0.2, 0) is 0 Å². The maximum absolute atomic E-state index is 11.6. The molecule has 1 saturated carbocycles. The van der Waals surface area contributed by atoms with Gasteiger partial charge < -0.3 is 5.32 Å². The van der Waals surface area contributed by atoms with Crippen LogP contribution >= 0.6 is 0 Å². The van der Waals surface area contributed by atoms with E-state index in [1.54, 1.807) is 0 Å². The molecule has 1 nitrogen and oxygen atoms in total. The average Bonchev–Trinajstić information content (AvgIpc) is 2.68. The molecule has 72 valence electrons. The summed E-state index contributed by atoms with van der Waals surface area (Å²) in [6.45, 7) is -0.353. The van der Waals surface area contributed by atoms with Gasteiger partial charge in [-0.1, -0.05) is 12.8 Å². The van der Waals surface area contributed by atoms with Crippen LogP contribution in [0.4, 0.5) is 13.2 Å². The molecule has 12 heavy (non-hydrogen) atoms. The highest BCUT2D eigenvalue weighted by atomic mass is 19.4. The summed E-state index contributed by atoms with van der Waals surface area (Å²) in [4.78, 5) is 0. The minimum Gasteiger partial charge on any atom is -0.309 e. The molecule has 0 bridgehead atoms. The van der Waals surface area contributed by atoms with Crippen LogP contribution in [0.2, 0.25) is 0 Å². The van der Waals surface area contributed by atoms with E-state index in [1.807, 2.05) is 0 Å². The van der Waals surface area contributed by atoms with E-state index in [4.69, 9.17) is 0 Å². The number of halogens is 3. The molecular weight excluding hydrogens is 167 g/mol. The van der Waals surface area contributed by atoms with Gasteiger partial charge in [-0.05, 0) is 25.3 Å². The van der Waals surface area contributed by atoms with Crippen molar-refractivity contribution in [3.05, 3.63) is 0 Å². The Labute approximate surface area is 70.3 Å². The molecule has 1 fully saturated rings. The highest BCUT2D eigenvalue weighted by Gasteiger charge is 2.26. The van der Waals surface area contributed by atoms with Crippen LogP contribution in [0.3, 0.4) is 0 Å². The van der Waals surface area contributed by atoms with E-state index >= 15 is 0 Å². The lowest BCUT2D eigenvalue weighted by Crippen LogP contribution is -2.29. The van der Waals surface area contributed by atoms with Crippen LogP contribution in [0.15, 0.2) is 0 Å². The van der Waals surface area contributed by atoms with E-state index in [9.17, 15) is 13.2 Å². The van der Waals surface area contributed by atoms with Crippen LogP contribution < -0.4 is 5.32 Å². The molecule has 1 N–H and O–H groups in total. The largest absolute Gasteiger partial charge is 0.401 e. The smallest absolute Gasteiger partial charge is 0.309 e. The van der Waals surface area contributed by atoms with Crippen molar-refractivity contribution in [2.75, 3.05) is 13.1 Å². The number of hydrogen-bond acceptors (Lipinski definition) is 1. The predicted molar refractivity (Wildman–Crippen MR) is 40.9 cm³/mol. The molecule has 0 amide bonds. The zero-order valence-corrected chi connectivity index (χ0v) is 6.95. The molecule has 4 heteroatoms.